The van der Waals surface area contributed by atoms with Crippen molar-refractivity contribution in [2.75, 3.05) is 6.54 Å². The summed E-state index contributed by atoms with van der Waals surface area (Å²) in [4.78, 5) is 44.4. The maximum atomic E-state index is 11.7. The Morgan fingerprint density at radius 3 is 2.52 bits per heavy atom. The number of hydrogen-bond acceptors (Lipinski definition) is 5. The third-order valence-corrected chi connectivity index (χ3v) is 2.89. The molecule has 0 fully saturated rings. The summed E-state index contributed by atoms with van der Waals surface area (Å²) in [5.74, 6) is -1.19. The Morgan fingerprint density at radius 2 is 1.91 bits per heavy atom. The van der Waals surface area contributed by atoms with Crippen molar-refractivity contribution in [3.63, 3.8) is 0 Å². The molecule has 1 aromatic rings. The van der Waals surface area contributed by atoms with Crippen molar-refractivity contribution in [3.8, 4) is 0 Å². The quantitative estimate of drug-likeness (QED) is 0.546. The first-order valence-corrected chi connectivity index (χ1v) is 6.99. The number of amides is 3. The van der Waals surface area contributed by atoms with Crippen LogP contribution in [-0.4, -0.2) is 36.8 Å². The second-order valence-electron chi connectivity index (χ2n) is 4.67. The van der Waals surface area contributed by atoms with E-state index in [1.807, 2.05) is 6.07 Å². The minimum Gasteiger partial charge on any atom is -0.445 e. The largest absolute Gasteiger partial charge is 0.445 e. The van der Waals surface area contributed by atoms with Crippen molar-refractivity contribution in [1.82, 2.24) is 10.6 Å². The number of nitrogens with two attached hydrogens (primary N) is 1. The fourth-order valence-electron chi connectivity index (χ4n) is 1.71. The van der Waals surface area contributed by atoms with Crippen molar-refractivity contribution in [1.29, 1.82) is 0 Å². The summed E-state index contributed by atoms with van der Waals surface area (Å²) < 4.78 is 4.98. The molecule has 0 aromatic heterocycles. The molecule has 124 valence electrons. The van der Waals surface area contributed by atoms with Crippen LogP contribution in [0.3, 0.4) is 0 Å². The van der Waals surface area contributed by atoms with Crippen LogP contribution < -0.4 is 16.4 Å². The normalized spacial score (nSPS) is 11.1. The summed E-state index contributed by atoms with van der Waals surface area (Å²) in [5.41, 5.74) is 5.98. The zero-order valence-corrected chi connectivity index (χ0v) is 12.5. The van der Waals surface area contributed by atoms with E-state index in [-0.39, 0.29) is 26.0 Å². The van der Waals surface area contributed by atoms with Gasteiger partial charge in [-0.05, 0) is 12.0 Å². The van der Waals surface area contributed by atoms with E-state index in [9.17, 15) is 19.2 Å². The van der Waals surface area contributed by atoms with Crippen LogP contribution in [0, 0.1) is 0 Å². The van der Waals surface area contributed by atoms with Gasteiger partial charge in [0.05, 0.1) is 6.54 Å². The van der Waals surface area contributed by atoms with Gasteiger partial charge in [0.25, 0.3) is 0 Å². The number of ether oxygens (including phenoxy) is 1. The molecule has 0 bridgehead atoms. The number of benzene rings is 1. The minimum atomic E-state index is -1.03. The lowest BCUT2D eigenvalue weighted by Gasteiger charge is -2.15. The molecular weight excluding hydrogens is 302 g/mol. The molecule has 0 spiro atoms. The molecule has 1 atom stereocenters. The first-order valence-electron chi connectivity index (χ1n) is 6.99. The number of hydrogen-bond donors (Lipinski definition) is 3. The summed E-state index contributed by atoms with van der Waals surface area (Å²) >= 11 is 0. The highest BCUT2D eigenvalue weighted by molar-refractivity contribution is 5.85. The van der Waals surface area contributed by atoms with Crippen LogP contribution in [0.5, 0.6) is 0 Å². The van der Waals surface area contributed by atoms with Crippen LogP contribution in [0.25, 0.3) is 0 Å². The predicted octanol–water partition coefficient (Wildman–Crippen LogP) is -0.138. The molecule has 3 amide bonds. The van der Waals surface area contributed by atoms with E-state index in [0.717, 1.165) is 5.56 Å². The molecule has 0 saturated heterocycles. The highest BCUT2D eigenvalue weighted by Gasteiger charge is 2.20. The number of primary amides is 1. The van der Waals surface area contributed by atoms with Gasteiger partial charge in [0.15, 0.2) is 0 Å². The van der Waals surface area contributed by atoms with Crippen LogP contribution >= 0.6 is 0 Å². The van der Waals surface area contributed by atoms with E-state index >= 15 is 0 Å². The van der Waals surface area contributed by atoms with E-state index in [0.29, 0.717) is 6.29 Å². The molecule has 0 radical (unpaired) electrons. The Hall–Kier alpha value is -2.90. The fraction of sp³-hybridized carbons (Fsp3) is 0.333. The van der Waals surface area contributed by atoms with Crippen LogP contribution in [0.4, 0.5) is 4.79 Å². The predicted molar refractivity (Wildman–Crippen MR) is 81.1 cm³/mol. The highest BCUT2D eigenvalue weighted by Crippen LogP contribution is 2.02. The van der Waals surface area contributed by atoms with Gasteiger partial charge in [0, 0.05) is 6.42 Å². The molecule has 0 aliphatic rings. The molecule has 1 unspecified atom stereocenters. The molecule has 8 heteroatoms. The third kappa shape index (κ3) is 7.60. The summed E-state index contributed by atoms with van der Waals surface area (Å²) in [6.07, 6.45) is -0.297. The van der Waals surface area contributed by atoms with E-state index in [1.54, 1.807) is 24.3 Å². The number of carbonyl (C=O) groups excluding carboxylic acids is 4. The van der Waals surface area contributed by atoms with Gasteiger partial charge in [-0.15, -0.1) is 0 Å². The molecule has 4 N–H and O–H groups in total. The topological polar surface area (TPSA) is 128 Å². The molecule has 0 saturated carbocycles. The van der Waals surface area contributed by atoms with Gasteiger partial charge < -0.3 is 25.9 Å². The van der Waals surface area contributed by atoms with Crippen molar-refractivity contribution in [2.24, 2.45) is 5.73 Å². The lowest BCUT2D eigenvalue weighted by Crippen LogP contribution is -2.45. The van der Waals surface area contributed by atoms with Crippen molar-refractivity contribution < 1.29 is 23.9 Å². The Morgan fingerprint density at radius 1 is 1.22 bits per heavy atom. The lowest BCUT2D eigenvalue weighted by atomic mass is 10.1. The third-order valence-electron chi connectivity index (χ3n) is 2.89. The zero-order chi connectivity index (χ0) is 17.1. The lowest BCUT2D eigenvalue weighted by molar-refractivity contribution is -0.123. The number of nitrogens with one attached hydrogen (secondary N) is 2. The Balaban J connectivity index is 2.39. The molecular formula is C15H19N3O5. The zero-order valence-electron chi connectivity index (χ0n) is 12.5. The fourth-order valence-corrected chi connectivity index (χ4v) is 1.71. The first-order chi connectivity index (χ1) is 11.0. The Bertz CT molecular complexity index is 547. The van der Waals surface area contributed by atoms with Crippen molar-refractivity contribution in [3.05, 3.63) is 35.9 Å². The molecule has 8 nitrogen and oxygen atoms in total. The second kappa shape index (κ2) is 9.93. The van der Waals surface area contributed by atoms with E-state index in [4.69, 9.17) is 10.5 Å². The number of aldehydes is 1. The summed E-state index contributed by atoms with van der Waals surface area (Å²) in [5, 5.41) is 4.64. The second-order valence-corrected chi connectivity index (χ2v) is 4.67. The number of carbonyl (C=O) groups is 4. The standard InChI is InChI=1S/C15H19N3O5/c16-14(21)12(6-7-13(20)17-8-9-19)18-15(22)23-10-11-4-2-1-3-5-11/h1-5,9,12H,6-8,10H2,(H2,16,21)(H,17,20)(H,18,22). The molecule has 23 heavy (non-hydrogen) atoms. The Kier molecular flexibility index (Phi) is 7.84. The number of rotatable bonds is 9. The molecule has 0 heterocycles. The van der Waals surface area contributed by atoms with Crippen LogP contribution in [0.2, 0.25) is 0 Å². The van der Waals surface area contributed by atoms with Crippen LogP contribution in [-0.2, 0) is 25.7 Å². The molecule has 0 aliphatic heterocycles. The summed E-state index contributed by atoms with van der Waals surface area (Å²) in [7, 11) is 0. The van der Waals surface area contributed by atoms with Crippen LogP contribution in [0.15, 0.2) is 30.3 Å². The highest BCUT2D eigenvalue weighted by atomic mass is 16.5. The maximum Gasteiger partial charge on any atom is 0.408 e. The number of alkyl carbamates (subject to hydrolysis) is 1. The monoisotopic (exact) mass is 321 g/mol. The first kappa shape index (κ1) is 18.1. The van der Waals surface area contributed by atoms with Gasteiger partial charge in [-0.3, -0.25) is 9.59 Å². The average molecular weight is 321 g/mol. The molecule has 1 rings (SSSR count). The van der Waals surface area contributed by atoms with Gasteiger partial charge in [0.1, 0.15) is 18.9 Å². The average Bonchev–Trinajstić information content (AvgIpc) is 2.55. The smallest absolute Gasteiger partial charge is 0.408 e. The minimum absolute atomic E-state index is 0.0143. The summed E-state index contributed by atoms with van der Waals surface area (Å²) in [6.45, 7) is -0.0510. The summed E-state index contributed by atoms with van der Waals surface area (Å²) in [6, 6.07) is 8.00. The van der Waals surface area contributed by atoms with Gasteiger partial charge in [-0.25, -0.2) is 4.79 Å². The molecule has 0 aliphatic carbocycles. The van der Waals surface area contributed by atoms with Gasteiger partial charge in [-0.1, -0.05) is 30.3 Å². The Labute approximate surface area is 133 Å². The van der Waals surface area contributed by atoms with Gasteiger partial charge >= 0.3 is 6.09 Å². The van der Waals surface area contributed by atoms with Crippen LogP contribution in [0.1, 0.15) is 18.4 Å². The van der Waals surface area contributed by atoms with E-state index < -0.39 is 23.9 Å². The van der Waals surface area contributed by atoms with Gasteiger partial charge in [-0.2, -0.15) is 0 Å². The van der Waals surface area contributed by atoms with Crippen molar-refractivity contribution in [2.45, 2.75) is 25.5 Å². The maximum absolute atomic E-state index is 11.7. The van der Waals surface area contributed by atoms with E-state index in [2.05, 4.69) is 10.6 Å². The van der Waals surface area contributed by atoms with Crippen molar-refractivity contribution >= 4 is 24.2 Å². The van der Waals surface area contributed by atoms with E-state index in [1.165, 1.54) is 0 Å². The molecule has 1 aromatic carbocycles. The van der Waals surface area contributed by atoms with Gasteiger partial charge in [0.2, 0.25) is 11.8 Å². The SMILES string of the molecule is NC(=O)C(CCC(=O)NCC=O)NC(=O)OCc1ccccc1.